The average molecular weight is 196 g/mol. The number of carboxylic acids is 1. The Morgan fingerprint density at radius 1 is 1.64 bits per heavy atom. The standard InChI is InChI=1S/C9H12N2O3/c1-2-11-7(5-3-4-5)8(12)6(10-11)9(13)14/h5,12H,2-4H2,1H3,(H,13,14). The van der Waals surface area contributed by atoms with Crippen LogP contribution in [-0.2, 0) is 6.54 Å². The van der Waals surface area contributed by atoms with Crippen LogP contribution < -0.4 is 0 Å². The van der Waals surface area contributed by atoms with Crippen molar-refractivity contribution < 1.29 is 15.0 Å². The molecule has 1 aliphatic rings. The second-order valence-corrected chi connectivity index (χ2v) is 3.48. The van der Waals surface area contributed by atoms with E-state index in [1.165, 1.54) is 0 Å². The Balaban J connectivity index is 2.50. The lowest BCUT2D eigenvalue weighted by Crippen LogP contribution is -2.03. The molecular formula is C9H12N2O3. The smallest absolute Gasteiger partial charge is 0.360 e. The van der Waals surface area contributed by atoms with Gasteiger partial charge in [-0.1, -0.05) is 0 Å². The van der Waals surface area contributed by atoms with E-state index in [-0.39, 0.29) is 11.4 Å². The Morgan fingerprint density at radius 3 is 2.71 bits per heavy atom. The van der Waals surface area contributed by atoms with Gasteiger partial charge in [0.25, 0.3) is 0 Å². The summed E-state index contributed by atoms with van der Waals surface area (Å²) in [6.07, 6.45) is 2.02. The summed E-state index contributed by atoms with van der Waals surface area (Å²) in [4.78, 5) is 10.7. The van der Waals surface area contributed by atoms with Gasteiger partial charge >= 0.3 is 5.97 Å². The molecule has 0 radical (unpaired) electrons. The highest BCUT2D eigenvalue weighted by Crippen LogP contribution is 2.44. The molecule has 76 valence electrons. The lowest BCUT2D eigenvalue weighted by atomic mass is 10.2. The summed E-state index contributed by atoms with van der Waals surface area (Å²) in [6.45, 7) is 2.47. The summed E-state index contributed by atoms with van der Waals surface area (Å²) in [5.41, 5.74) is 0.457. The zero-order valence-electron chi connectivity index (χ0n) is 7.90. The van der Waals surface area contributed by atoms with E-state index in [0.29, 0.717) is 18.2 Å². The number of aromatic hydroxyl groups is 1. The van der Waals surface area contributed by atoms with Crippen LogP contribution in [0, 0.1) is 0 Å². The summed E-state index contributed by atoms with van der Waals surface area (Å²) in [5, 5.41) is 22.3. The molecule has 0 saturated heterocycles. The van der Waals surface area contributed by atoms with Crippen molar-refractivity contribution in [1.29, 1.82) is 0 Å². The van der Waals surface area contributed by atoms with Crippen molar-refractivity contribution >= 4 is 5.97 Å². The minimum Gasteiger partial charge on any atom is -0.504 e. The van der Waals surface area contributed by atoms with E-state index in [4.69, 9.17) is 5.11 Å². The molecule has 2 rings (SSSR count). The van der Waals surface area contributed by atoms with Crippen molar-refractivity contribution in [3.05, 3.63) is 11.4 Å². The van der Waals surface area contributed by atoms with Crippen LogP contribution in [0.1, 0.15) is 41.9 Å². The van der Waals surface area contributed by atoms with Crippen molar-refractivity contribution in [3.63, 3.8) is 0 Å². The van der Waals surface area contributed by atoms with Crippen LogP contribution in [0.3, 0.4) is 0 Å². The number of hydrogen-bond acceptors (Lipinski definition) is 3. The molecule has 1 aromatic heterocycles. The highest BCUT2D eigenvalue weighted by Gasteiger charge is 2.33. The predicted molar refractivity (Wildman–Crippen MR) is 48.5 cm³/mol. The minimum absolute atomic E-state index is 0.151. The summed E-state index contributed by atoms with van der Waals surface area (Å²) in [6, 6.07) is 0. The Bertz CT molecular complexity index is 380. The van der Waals surface area contributed by atoms with Crippen LogP contribution in [-0.4, -0.2) is 26.0 Å². The van der Waals surface area contributed by atoms with E-state index in [1.54, 1.807) is 4.68 Å². The Kier molecular flexibility index (Phi) is 1.94. The third kappa shape index (κ3) is 1.25. The molecule has 0 aliphatic heterocycles. The van der Waals surface area contributed by atoms with Crippen LogP contribution in [0.2, 0.25) is 0 Å². The first-order valence-electron chi connectivity index (χ1n) is 4.68. The van der Waals surface area contributed by atoms with Crippen molar-refractivity contribution in [3.8, 4) is 5.75 Å². The fourth-order valence-electron chi connectivity index (χ4n) is 1.61. The zero-order chi connectivity index (χ0) is 10.3. The summed E-state index contributed by atoms with van der Waals surface area (Å²) >= 11 is 0. The van der Waals surface area contributed by atoms with E-state index in [2.05, 4.69) is 5.10 Å². The predicted octanol–water partition coefficient (Wildman–Crippen LogP) is 1.18. The highest BCUT2D eigenvalue weighted by molar-refractivity contribution is 5.88. The van der Waals surface area contributed by atoms with Crippen LogP contribution in [0.15, 0.2) is 0 Å². The molecule has 5 heteroatoms. The third-order valence-electron chi connectivity index (χ3n) is 2.43. The number of aromatic nitrogens is 2. The largest absolute Gasteiger partial charge is 0.504 e. The Morgan fingerprint density at radius 2 is 2.29 bits per heavy atom. The second-order valence-electron chi connectivity index (χ2n) is 3.48. The number of rotatable bonds is 3. The molecule has 1 aliphatic carbocycles. The third-order valence-corrected chi connectivity index (χ3v) is 2.43. The van der Waals surface area contributed by atoms with Gasteiger partial charge in [0.15, 0.2) is 5.75 Å². The molecule has 5 nitrogen and oxygen atoms in total. The normalized spacial score (nSPS) is 15.8. The van der Waals surface area contributed by atoms with Crippen LogP contribution in [0.5, 0.6) is 5.75 Å². The fraction of sp³-hybridized carbons (Fsp3) is 0.556. The van der Waals surface area contributed by atoms with Gasteiger partial charge in [-0.2, -0.15) is 5.10 Å². The molecule has 1 fully saturated rings. The monoisotopic (exact) mass is 196 g/mol. The Labute approximate surface area is 81.0 Å². The number of aromatic carboxylic acids is 1. The van der Waals surface area contributed by atoms with Crippen molar-refractivity contribution in [1.82, 2.24) is 9.78 Å². The van der Waals surface area contributed by atoms with Gasteiger partial charge in [-0.25, -0.2) is 4.79 Å². The number of aryl methyl sites for hydroxylation is 1. The van der Waals surface area contributed by atoms with Crippen molar-refractivity contribution in [2.45, 2.75) is 32.2 Å². The van der Waals surface area contributed by atoms with Gasteiger partial charge in [0.1, 0.15) is 0 Å². The number of carboxylic acid groups (broad SMARTS) is 1. The molecular weight excluding hydrogens is 184 g/mol. The quantitative estimate of drug-likeness (QED) is 0.761. The molecule has 0 spiro atoms. The maximum Gasteiger partial charge on any atom is 0.360 e. The lowest BCUT2D eigenvalue weighted by Gasteiger charge is -2.01. The minimum atomic E-state index is -1.17. The number of hydrogen-bond donors (Lipinski definition) is 2. The maximum absolute atomic E-state index is 10.7. The molecule has 0 aromatic carbocycles. The van der Waals surface area contributed by atoms with E-state index in [0.717, 1.165) is 12.8 Å². The highest BCUT2D eigenvalue weighted by atomic mass is 16.4. The number of carbonyl (C=O) groups is 1. The topological polar surface area (TPSA) is 75.4 Å². The zero-order valence-corrected chi connectivity index (χ0v) is 7.90. The molecule has 0 unspecified atom stereocenters. The first-order chi connectivity index (χ1) is 6.65. The summed E-state index contributed by atoms with van der Waals surface area (Å²) < 4.78 is 1.58. The fourth-order valence-corrected chi connectivity index (χ4v) is 1.61. The van der Waals surface area contributed by atoms with E-state index < -0.39 is 5.97 Å². The van der Waals surface area contributed by atoms with E-state index >= 15 is 0 Å². The van der Waals surface area contributed by atoms with Crippen molar-refractivity contribution in [2.75, 3.05) is 0 Å². The van der Waals surface area contributed by atoms with Gasteiger partial charge in [-0.15, -0.1) is 0 Å². The molecule has 1 saturated carbocycles. The second kappa shape index (κ2) is 3.01. The van der Waals surface area contributed by atoms with Gasteiger partial charge in [0, 0.05) is 12.5 Å². The number of nitrogens with zero attached hydrogens (tertiary/aromatic N) is 2. The van der Waals surface area contributed by atoms with Crippen molar-refractivity contribution in [2.24, 2.45) is 0 Å². The summed E-state index contributed by atoms with van der Waals surface area (Å²) in [7, 11) is 0. The molecule has 1 aromatic rings. The molecule has 2 N–H and O–H groups in total. The molecule has 0 bridgehead atoms. The maximum atomic E-state index is 10.7. The van der Waals surface area contributed by atoms with E-state index in [1.807, 2.05) is 6.92 Å². The molecule has 14 heavy (non-hydrogen) atoms. The van der Waals surface area contributed by atoms with Gasteiger partial charge in [-0.05, 0) is 19.8 Å². The van der Waals surface area contributed by atoms with E-state index in [9.17, 15) is 9.90 Å². The summed E-state index contributed by atoms with van der Waals surface area (Å²) in [5.74, 6) is -1.02. The van der Waals surface area contributed by atoms with Gasteiger partial charge in [0.05, 0.1) is 5.69 Å². The van der Waals surface area contributed by atoms with Gasteiger partial charge in [-0.3, -0.25) is 4.68 Å². The van der Waals surface area contributed by atoms with Crippen LogP contribution in [0.4, 0.5) is 0 Å². The van der Waals surface area contributed by atoms with Gasteiger partial charge in [0.2, 0.25) is 5.69 Å². The SMILES string of the molecule is CCn1nc(C(=O)O)c(O)c1C1CC1. The lowest BCUT2D eigenvalue weighted by molar-refractivity contribution is 0.0686. The Hall–Kier alpha value is -1.52. The first kappa shape index (κ1) is 9.05. The molecule has 0 atom stereocenters. The first-order valence-corrected chi connectivity index (χ1v) is 4.68. The van der Waals surface area contributed by atoms with Crippen LogP contribution in [0.25, 0.3) is 0 Å². The molecule has 0 amide bonds. The average Bonchev–Trinajstić information content (AvgIpc) is 2.90. The van der Waals surface area contributed by atoms with Gasteiger partial charge < -0.3 is 10.2 Å². The molecule has 1 heterocycles. The van der Waals surface area contributed by atoms with Crippen LogP contribution >= 0.6 is 0 Å².